The van der Waals surface area contributed by atoms with Gasteiger partial charge in [-0.25, -0.2) is 0 Å². The highest BCUT2D eigenvalue weighted by molar-refractivity contribution is 5.71. The van der Waals surface area contributed by atoms with Gasteiger partial charge < -0.3 is 19.9 Å². The molecule has 0 atom stereocenters. The fraction of sp³-hybridized carbons (Fsp3) is 0.778. The molecule has 0 radical (unpaired) electrons. The number of hydrazine groups is 1. The molecule has 0 spiro atoms. The van der Waals surface area contributed by atoms with Crippen LogP contribution in [0.4, 0.5) is 0 Å². The second-order valence-corrected chi connectivity index (χ2v) is 4.11. The lowest BCUT2D eigenvalue weighted by Gasteiger charge is -2.30. The SMILES string of the molecule is CC(C)C(=O)OCON=[N+]([O-])N1CC(C(=O)O)C1. The molecule has 1 heterocycles. The zero-order chi connectivity index (χ0) is 13.7. The van der Waals surface area contributed by atoms with E-state index in [1.165, 1.54) is 0 Å². The number of hydrogen-bond donors (Lipinski definition) is 1. The quantitative estimate of drug-likeness (QED) is 0.178. The predicted octanol–water partition coefficient (Wildman–Crippen LogP) is -0.0314. The van der Waals surface area contributed by atoms with E-state index >= 15 is 0 Å². The van der Waals surface area contributed by atoms with Crippen LogP contribution in [0.1, 0.15) is 13.8 Å². The van der Waals surface area contributed by atoms with Crippen molar-refractivity contribution in [2.45, 2.75) is 13.8 Å². The Labute approximate surface area is 103 Å². The van der Waals surface area contributed by atoms with Crippen LogP contribution in [0.2, 0.25) is 0 Å². The van der Waals surface area contributed by atoms with Crippen LogP contribution in [0.15, 0.2) is 5.28 Å². The number of carboxylic acids is 1. The molecule has 1 aliphatic heterocycles. The first-order chi connectivity index (χ1) is 8.41. The molecule has 1 rings (SSSR count). The summed E-state index contributed by atoms with van der Waals surface area (Å²) >= 11 is 0. The van der Waals surface area contributed by atoms with Crippen LogP contribution in [0.3, 0.4) is 0 Å². The van der Waals surface area contributed by atoms with Crippen LogP contribution in [0, 0.1) is 17.0 Å². The predicted molar refractivity (Wildman–Crippen MR) is 55.6 cm³/mol. The molecular weight excluding hydrogens is 246 g/mol. The largest absolute Gasteiger partial charge is 0.569 e. The number of hydrogen-bond acceptors (Lipinski definition) is 6. The average Bonchev–Trinajstić information content (AvgIpc) is 2.21. The van der Waals surface area contributed by atoms with Gasteiger partial charge in [-0.15, -0.1) is 5.01 Å². The minimum absolute atomic E-state index is 0.0808. The molecule has 1 N–H and O–H groups in total. The third-order valence-electron chi connectivity index (χ3n) is 2.31. The van der Waals surface area contributed by atoms with Gasteiger partial charge in [0.2, 0.25) is 5.28 Å². The van der Waals surface area contributed by atoms with E-state index in [2.05, 4.69) is 14.9 Å². The Hall–Kier alpha value is -2.06. The van der Waals surface area contributed by atoms with Gasteiger partial charge >= 0.3 is 11.9 Å². The number of rotatable bonds is 6. The van der Waals surface area contributed by atoms with E-state index in [1.54, 1.807) is 13.8 Å². The Morgan fingerprint density at radius 2 is 2.17 bits per heavy atom. The minimum atomic E-state index is -0.952. The molecule has 0 saturated carbocycles. The van der Waals surface area contributed by atoms with Gasteiger partial charge in [-0.3, -0.25) is 9.59 Å². The normalized spacial score (nSPS) is 16.4. The maximum absolute atomic E-state index is 11.2. The number of carboxylic acid groups (broad SMARTS) is 1. The standard InChI is InChI=1S/C9H15N3O6/c1-6(2)9(15)17-5-18-10-12(16)11-3-7(4-11)8(13)14/h6-7H,3-5H2,1-2H3,(H,13,14). The van der Waals surface area contributed by atoms with Gasteiger partial charge in [-0.1, -0.05) is 13.8 Å². The molecule has 0 aliphatic carbocycles. The zero-order valence-electron chi connectivity index (χ0n) is 10.1. The highest BCUT2D eigenvalue weighted by atomic mass is 16.8. The van der Waals surface area contributed by atoms with Crippen LogP contribution in [0.5, 0.6) is 0 Å². The zero-order valence-corrected chi connectivity index (χ0v) is 10.1. The van der Waals surface area contributed by atoms with Crippen molar-refractivity contribution in [1.82, 2.24) is 5.01 Å². The fourth-order valence-electron chi connectivity index (χ4n) is 1.13. The van der Waals surface area contributed by atoms with Crippen molar-refractivity contribution < 1.29 is 29.2 Å². The first-order valence-corrected chi connectivity index (χ1v) is 5.36. The molecule has 0 amide bonds. The molecule has 0 aromatic heterocycles. The van der Waals surface area contributed by atoms with Gasteiger partial charge in [0.1, 0.15) is 5.92 Å². The highest BCUT2D eigenvalue weighted by Crippen LogP contribution is 2.15. The average molecular weight is 261 g/mol. The van der Waals surface area contributed by atoms with Crippen LogP contribution in [0.25, 0.3) is 0 Å². The summed E-state index contributed by atoms with van der Waals surface area (Å²) in [5.41, 5.74) is 0. The van der Waals surface area contributed by atoms with Crippen LogP contribution in [-0.4, -0.2) is 46.9 Å². The van der Waals surface area contributed by atoms with E-state index < -0.39 is 24.6 Å². The van der Waals surface area contributed by atoms with Crippen molar-refractivity contribution in [3.63, 3.8) is 0 Å². The molecule has 0 bridgehead atoms. The summed E-state index contributed by atoms with van der Waals surface area (Å²) in [7, 11) is 0. The topological polar surface area (TPSA) is 114 Å². The van der Waals surface area contributed by atoms with Crippen LogP contribution < -0.4 is 0 Å². The third kappa shape index (κ3) is 3.75. The Morgan fingerprint density at radius 3 is 2.67 bits per heavy atom. The van der Waals surface area contributed by atoms with Crippen molar-refractivity contribution in [2.24, 2.45) is 17.1 Å². The Balaban J connectivity index is 2.20. The molecule has 1 saturated heterocycles. The molecule has 1 fully saturated rings. The number of carbonyl (C=O) groups excluding carboxylic acids is 1. The van der Waals surface area contributed by atoms with E-state index in [4.69, 9.17) is 5.11 Å². The van der Waals surface area contributed by atoms with Crippen molar-refractivity contribution in [2.75, 3.05) is 19.9 Å². The van der Waals surface area contributed by atoms with Crippen molar-refractivity contribution in [1.29, 1.82) is 0 Å². The molecule has 0 aromatic rings. The summed E-state index contributed by atoms with van der Waals surface area (Å²) in [5.74, 6) is -2.26. The Morgan fingerprint density at radius 1 is 1.56 bits per heavy atom. The van der Waals surface area contributed by atoms with Gasteiger partial charge in [-0.2, -0.15) is 0 Å². The number of ether oxygens (including phenoxy) is 1. The van der Waals surface area contributed by atoms with Crippen molar-refractivity contribution in [3.8, 4) is 0 Å². The summed E-state index contributed by atoms with van der Waals surface area (Å²) in [6.07, 6.45) is 0. The third-order valence-corrected chi connectivity index (χ3v) is 2.31. The number of nitrogens with zero attached hydrogens (tertiary/aromatic N) is 3. The maximum atomic E-state index is 11.2. The molecule has 1 aliphatic rings. The van der Waals surface area contributed by atoms with Crippen molar-refractivity contribution >= 4 is 11.9 Å². The Bertz CT molecular complexity index is 350. The fourth-order valence-corrected chi connectivity index (χ4v) is 1.13. The summed E-state index contributed by atoms with van der Waals surface area (Å²) in [5, 5.41) is 24.0. The monoisotopic (exact) mass is 261 g/mol. The first-order valence-electron chi connectivity index (χ1n) is 5.36. The van der Waals surface area contributed by atoms with Gasteiger partial charge in [0.25, 0.3) is 6.79 Å². The lowest BCUT2D eigenvalue weighted by Crippen LogP contribution is -2.53. The van der Waals surface area contributed by atoms with E-state index in [-0.39, 0.29) is 24.0 Å². The number of esters is 1. The summed E-state index contributed by atoms with van der Waals surface area (Å²) in [6.45, 7) is 3.03. The summed E-state index contributed by atoms with van der Waals surface area (Å²) in [4.78, 5) is 26.1. The molecule has 102 valence electrons. The van der Waals surface area contributed by atoms with Crippen molar-refractivity contribution in [3.05, 3.63) is 5.21 Å². The molecule has 9 nitrogen and oxygen atoms in total. The second-order valence-electron chi connectivity index (χ2n) is 4.11. The number of aliphatic carboxylic acids is 1. The van der Waals surface area contributed by atoms with Crippen LogP contribution >= 0.6 is 0 Å². The first kappa shape index (κ1) is 14.0. The Kier molecular flexibility index (Phi) is 4.69. The maximum Gasteiger partial charge on any atom is 0.311 e. The molecule has 0 aromatic carbocycles. The molecular formula is C9H15N3O6. The van der Waals surface area contributed by atoms with E-state index in [9.17, 15) is 14.8 Å². The van der Waals surface area contributed by atoms with Gasteiger partial charge in [-0.05, 0) is 0 Å². The van der Waals surface area contributed by atoms with E-state index in [0.29, 0.717) is 0 Å². The smallest absolute Gasteiger partial charge is 0.311 e. The van der Waals surface area contributed by atoms with Gasteiger partial charge in [0.05, 0.1) is 24.0 Å². The van der Waals surface area contributed by atoms with Gasteiger partial charge in [0, 0.05) is 0 Å². The highest BCUT2D eigenvalue weighted by Gasteiger charge is 2.38. The van der Waals surface area contributed by atoms with Crippen LogP contribution in [-0.2, 0) is 19.2 Å². The number of carbonyl (C=O) groups is 2. The molecule has 9 heteroatoms. The summed E-state index contributed by atoms with van der Waals surface area (Å²) in [6, 6.07) is 0. The second kappa shape index (κ2) is 6.03. The summed E-state index contributed by atoms with van der Waals surface area (Å²) < 4.78 is 4.61. The van der Waals surface area contributed by atoms with E-state index in [0.717, 1.165) is 5.01 Å². The lowest BCUT2D eigenvalue weighted by atomic mass is 10.0. The molecule has 18 heavy (non-hydrogen) atoms. The minimum Gasteiger partial charge on any atom is -0.569 e. The molecule has 0 unspecified atom stereocenters. The lowest BCUT2D eigenvalue weighted by molar-refractivity contribution is -0.726. The van der Waals surface area contributed by atoms with Gasteiger partial charge in [0.15, 0.2) is 0 Å². The van der Waals surface area contributed by atoms with E-state index in [1.807, 2.05) is 0 Å².